The second-order valence-corrected chi connectivity index (χ2v) is 6.44. The lowest BCUT2D eigenvalue weighted by molar-refractivity contribution is -0.133. The number of nitrogens with zero attached hydrogens (tertiary/aromatic N) is 2. The molecule has 0 radical (unpaired) electrons. The van der Waals surface area contributed by atoms with E-state index in [-0.39, 0.29) is 18.2 Å². The van der Waals surface area contributed by atoms with E-state index in [1.165, 1.54) is 11.1 Å². The van der Waals surface area contributed by atoms with Crippen LogP contribution in [0.1, 0.15) is 32.3 Å². The van der Waals surface area contributed by atoms with Crippen LogP contribution >= 0.6 is 0 Å². The molecule has 3 rings (SSSR count). The van der Waals surface area contributed by atoms with Gasteiger partial charge in [0, 0.05) is 36.4 Å². The quantitative estimate of drug-likeness (QED) is 0.911. The van der Waals surface area contributed by atoms with Crippen molar-refractivity contribution in [3.05, 3.63) is 36.2 Å². The van der Waals surface area contributed by atoms with Crippen LogP contribution in [0.2, 0.25) is 0 Å². The number of hydrogen-bond donors (Lipinski definition) is 2. The van der Waals surface area contributed by atoms with Gasteiger partial charge in [-0.1, -0.05) is 19.9 Å². The van der Waals surface area contributed by atoms with Crippen molar-refractivity contribution in [2.24, 2.45) is 5.92 Å². The van der Waals surface area contributed by atoms with Crippen molar-refractivity contribution < 1.29 is 9.90 Å². The highest BCUT2D eigenvalue weighted by Gasteiger charge is 2.22. The lowest BCUT2D eigenvalue weighted by Crippen LogP contribution is -2.37. The number of aliphatic hydroxyl groups is 1. The number of carbonyl (C=O) groups is 1. The molecule has 1 aliphatic heterocycles. The third kappa shape index (κ3) is 3.29. The molecule has 1 amide bonds. The van der Waals surface area contributed by atoms with E-state index in [0.717, 1.165) is 17.5 Å². The molecule has 2 N–H and O–H groups in total. The van der Waals surface area contributed by atoms with Gasteiger partial charge in [-0.3, -0.25) is 4.79 Å². The Kier molecular flexibility index (Phi) is 4.48. The molecule has 0 aliphatic carbocycles. The Labute approximate surface area is 136 Å². The smallest absolute Gasteiger partial charge is 0.225 e. The molecule has 5 nitrogen and oxygen atoms in total. The molecule has 0 spiro atoms. The van der Waals surface area contributed by atoms with Crippen molar-refractivity contribution in [1.82, 2.24) is 14.9 Å². The van der Waals surface area contributed by atoms with Crippen molar-refractivity contribution in [2.75, 3.05) is 13.1 Å². The predicted octanol–water partition coefficient (Wildman–Crippen LogP) is 2.59. The van der Waals surface area contributed by atoms with E-state index in [4.69, 9.17) is 0 Å². The molecule has 1 aliphatic rings. The summed E-state index contributed by atoms with van der Waals surface area (Å²) in [6.07, 6.45) is 6.34. The van der Waals surface area contributed by atoms with Gasteiger partial charge in [-0.05, 0) is 30.0 Å². The third-order valence-corrected chi connectivity index (χ3v) is 4.51. The van der Waals surface area contributed by atoms with E-state index < -0.39 is 6.10 Å². The Morgan fingerprint density at radius 2 is 2.30 bits per heavy atom. The van der Waals surface area contributed by atoms with Gasteiger partial charge in [0.05, 0.1) is 12.5 Å². The van der Waals surface area contributed by atoms with Gasteiger partial charge in [0.25, 0.3) is 0 Å². The fourth-order valence-electron chi connectivity index (χ4n) is 2.91. The maximum Gasteiger partial charge on any atom is 0.225 e. The number of hydrogen-bond acceptors (Lipinski definition) is 3. The summed E-state index contributed by atoms with van der Waals surface area (Å²) in [6, 6.07) is 4.00. The Balaban J connectivity index is 1.70. The maximum atomic E-state index is 12.2. The van der Waals surface area contributed by atoms with Gasteiger partial charge >= 0.3 is 0 Å². The van der Waals surface area contributed by atoms with E-state index >= 15 is 0 Å². The minimum absolute atomic E-state index is 0.0297. The van der Waals surface area contributed by atoms with Crippen LogP contribution < -0.4 is 0 Å². The molecule has 1 unspecified atom stereocenters. The molecule has 0 fully saturated rings. The van der Waals surface area contributed by atoms with Crippen LogP contribution in [0.3, 0.4) is 0 Å². The first-order valence-electron chi connectivity index (χ1n) is 8.13. The summed E-state index contributed by atoms with van der Waals surface area (Å²) >= 11 is 0. The Bertz CT molecular complexity index is 733. The first-order chi connectivity index (χ1) is 11.1. The highest BCUT2D eigenvalue weighted by atomic mass is 16.3. The second kappa shape index (κ2) is 6.54. The number of nitrogens with one attached hydrogen (secondary N) is 1. The summed E-state index contributed by atoms with van der Waals surface area (Å²) in [4.78, 5) is 21.6. The predicted molar refractivity (Wildman–Crippen MR) is 90.7 cm³/mol. The minimum Gasteiger partial charge on any atom is -0.392 e. The van der Waals surface area contributed by atoms with Crippen LogP contribution in [-0.2, 0) is 4.79 Å². The standard InChI is InChI=1S/C18H23N3O2/c1-12(2)16(22)10-17(23)21-8-5-13(6-9-21)15-11-20-18-14(15)4-3-7-19-18/h3-5,7,11-12,16,22H,6,8-10H2,1-2H3,(H,19,20). The van der Waals surface area contributed by atoms with E-state index in [2.05, 4.69) is 22.1 Å². The number of amides is 1. The average molecular weight is 313 g/mol. The van der Waals surface area contributed by atoms with Crippen molar-refractivity contribution in [3.8, 4) is 0 Å². The van der Waals surface area contributed by atoms with Crippen LogP contribution in [0, 0.1) is 5.92 Å². The second-order valence-electron chi connectivity index (χ2n) is 6.44. The number of aromatic nitrogens is 2. The number of rotatable bonds is 4. The fraction of sp³-hybridized carbons (Fsp3) is 0.444. The normalized spacial score (nSPS) is 16.7. The molecule has 0 bridgehead atoms. The zero-order chi connectivity index (χ0) is 16.4. The molecular formula is C18H23N3O2. The zero-order valence-corrected chi connectivity index (χ0v) is 13.6. The largest absolute Gasteiger partial charge is 0.392 e. The first-order valence-corrected chi connectivity index (χ1v) is 8.13. The highest BCUT2D eigenvalue weighted by molar-refractivity contribution is 5.91. The van der Waals surface area contributed by atoms with Crippen molar-refractivity contribution >= 4 is 22.5 Å². The van der Waals surface area contributed by atoms with E-state index in [1.54, 1.807) is 6.20 Å². The molecule has 122 valence electrons. The van der Waals surface area contributed by atoms with Gasteiger partial charge in [-0.25, -0.2) is 4.98 Å². The van der Waals surface area contributed by atoms with Crippen molar-refractivity contribution in [2.45, 2.75) is 32.8 Å². The SMILES string of the molecule is CC(C)C(O)CC(=O)N1CC=C(c2c[nH]c3ncccc23)CC1. The number of aromatic amines is 1. The number of fused-ring (bicyclic) bond motifs is 1. The van der Waals surface area contributed by atoms with E-state index in [9.17, 15) is 9.90 Å². The molecule has 23 heavy (non-hydrogen) atoms. The minimum atomic E-state index is -0.562. The molecule has 2 aromatic rings. The third-order valence-electron chi connectivity index (χ3n) is 4.51. The summed E-state index contributed by atoms with van der Waals surface area (Å²) in [5, 5.41) is 11.0. The van der Waals surface area contributed by atoms with Gasteiger partial charge in [0.1, 0.15) is 5.65 Å². The summed E-state index contributed by atoms with van der Waals surface area (Å²) in [5.41, 5.74) is 3.31. The number of pyridine rings is 1. The van der Waals surface area contributed by atoms with E-state index in [1.807, 2.05) is 31.0 Å². The van der Waals surface area contributed by atoms with Crippen LogP contribution in [-0.4, -0.2) is 45.1 Å². The first kappa shape index (κ1) is 15.7. The van der Waals surface area contributed by atoms with Gasteiger partial charge in [-0.15, -0.1) is 0 Å². The van der Waals surface area contributed by atoms with Gasteiger partial charge in [0.2, 0.25) is 5.91 Å². The monoisotopic (exact) mass is 313 g/mol. The topological polar surface area (TPSA) is 69.2 Å². The average Bonchev–Trinajstić information content (AvgIpc) is 2.99. The van der Waals surface area contributed by atoms with Crippen LogP contribution in [0.15, 0.2) is 30.6 Å². The van der Waals surface area contributed by atoms with Crippen molar-refractivity contribution in [1.29, 1.82) is 0 Å². The van der Waals surface area contributed by atoms with Gasteiger partial charge < -0.3 is 15.0 Å². The van der Waals surface area contributed by atoms with Gasteiger partial charge in [-0.2, -0.15) is 0 Å². The molecule has 0 saturated carbocycles. The highest BCUT2D eigenvalue weighted by Crippen LogP contribution is 2.28. The van der Waals surface area contributed by atoms with Crippen LogP contribution in [0.25, 0.3) is 16.6 Å². The van der Waals surface area contributed by atoms with E-state index in [0.29, 0.717) is 13.1 Å². The lowest BCUT2D eigenvalue weighted by atomic mass is 9.98. The summed E-state index contributed by atoms with van der Waals surface area (Å²) in [5.74, 6) is 0.135. The Morgan fingerprint density at radius 1 is 1.48 bits per heavy atom. The molecule has 0 saturated heterocycles. The molecule has 2 aromatic heterocycles. The molecule has 1 atom stereocenters. The number of aliphatic hydroxyl groups excluding tert-OH is 1. The molecule has 5 heteroatoms. The summed E-state index contributed by atoms with van der Waals surface area (Å²) in [7, 11) is 0. The maximum absolute atomic E-state index is 12.2. The van der Waals surface area contributed by atoms with Crippen molar-refractivity contribution in [3.63, 3.8) is 0 Å². The summed E-state index contributed by atoms with van der Waals surface area (Å²) in [6.45, 7) is 5.16. The van der Waals surface area contributed by atoms with Gasteiger partial charge in [0.15, 0.2) is 0 Å². The fourth-order valence-corrected chi connectivity index (χ4v) is 2.91. The lowest BCUT2D eigenvalue weighted by Gasteiger charge is -2.28. The molecule has 3 heterocycles. The van der Waals surface area contributed by atoms with Crippen LogP contribution in [0.5, 0.6) is 0 Å². The Morgan fingerprint density at radius 3 is 3.00 bits per heavy atom. The zero-order valence-electron chi connectivity index (χ0n) is 13.6. The van der Waals surface area contributed by atoms with Crippen LogP contribution in [0.4, 0.5) is 0 Å². The summed E-state index contributed by atoms with van der Waals surface area (Å²) < 4.78 is 0. The molecular weight excluding hydrogens is 290 g/mol. The Hall–Kier alpha value is -2.14. The number of H-pyrrole nitrogens is 1. The molecule has 0 aromatic carbocycles. The number of carbonyl (C=O) groups excluding carboxylic acids is 1.